The number of carbonyl (C=O) groups is 1. The molecule has 1 unspecified atom stereocenters. The monoisotopic (exact) mass is 497 g/mol. The Kier molecular flexibility index (Phi) is 7.10. The summed E-state index contributed by atoms with van der Waals surface area (Å²) in [6, 6.07) is 14.6. The lowest BCUT2D eigenvalue weighted by Crippen LogP contribution is -2.19. The highest BCUT2D eigenvalue weighted by molar-refractivity contribution is 5.86. The summed E-state index contributed by atoms with van der Waals surface area (Å²) in [5.41, 5.74) is 1.38. The molecular formula is C27H20F5N3O. The van der Waals surface area contributed by atoms with Crippen molar-refractivity contribution in [3.05, 3.63) is 107 Å². The molecule has 0 aliphatic carbocycles. The first-order valence-electron chi connectivity index (χ1n) is 10.9. The molecule has 36 heavy (non-hydrogen) atoms. The predicted molar refractivity (Wildman–Crippen MR) is 126 cm³/mol. The van der Waals surface area contributed by atoms with Gasteiger partial charge in [0.1, 0.15) is 11.6 Å². The highest BCUT2D eigenvalue weighted by atomic mass is 19.4. The standard InChI is InChI=1S/C27H20F5N3O/c1-17(10-18-11-22(28)15-23(29)12-18)24-14-20(19-4-2-5-21(13-19)27(30,31)32)6-7-25(24)35(16-36)26-33-8-3-9-34-26/h2-9,11-17H,10H2,1H3. The van der Waals surface area contributed by atoms with Crippen LogP contribution < -0.4 is 4.90 Å². The summed E-state index contributed by atoms with van der Waals surface area (Å²) in [6.45, 7) is 1.80. The number of benzene rings is 3. The van der Waals surface area contributed by atoms with Crippen molar-refractivity contribution in [1.29, 1.82) is 0 Å². The van der Waals surface area contributed by atoms with Crippen LogP contribution in [-0.2, 0) is 17.4 Å². The molecule has 4 nitrogen and oxygen atoms in total. The van der Waals surface area contributed by atoms with Gasteiger partial charge >= 0.3 is 6.18 Å². The number of rotatable bonds is 7. The number of aromatic nitrogens is 2. The van der Waals surface area contributed by atoms with Gasteiger partial charge in [0.15, 0.2) is 0 Å². The Balaban J connectivity index is 1.82. The van der Waals surface area contributed by atoms with Gasteiger partial charge in [0, 0.05) is 18.5 Å². The maximum atomic E-state index is 13.8. The molecule has 4 rings (SSSR count). The average molecular weight is 497 g/mol. The Morgan fingerprint density at radius 3 is 2.19 bits per heavy atom. The fourth-order valence-corrected chi connectivity index (χ4v) is 4.04. The highest BCUT2D eigenvalue weighted by Crippen LogP contribution is 2.37. The van der Waals surface area contributed by atoms with Gasteiger partial charge in [-0.1, -0.05) is 25.1 Å². The second-order valence-electron chi connectivity index (χ2n) is 8.26. The van der Waals surface area contributed by atoms with Gasteiger partial charge in [0.05, 0.1) is 11.3 Å². The second-order valence-corrected chi connectivity index (χ2v) is 8.26. The van der Waals surface area contributed by atoms with Gasteiger partial charge in [-0.15, -0.1) is 0 Å². The van der Waals surface area contributed by atoms with Crippen molar-refractivity contribution in [2.24, 2.45) is 0 Å². The van der Waals surface area contributed by atoms with Crippen molar-refractivity contribution in [3.8, 4) is 11.1 Å². The van der Waals surface area contributed by atoms with E-state index in [1.165, 1.54) is 35.5 Å². The summed E-state index contributed by atoms with van der Waals surface area (Å²) in [5, 5.41) is 0. The minimum absolute atomic E-state index is 0.101. The number of hydrogen-bond donors (Lipinski definition) is 0. The fraction of sp³-hybridized carbons (Fsp3) is 0.148. The first-order chi connectivity index (χ1) is 17.2. The molecule has 3 aromatic carbocycles. The Morgan fingerprint density at radius 2 is 1.56 bits per heavy atom. The first-order valence-corrected chi connectivity index (χ1v) is 10.9. The molecule has 0 saturated heterocycles. The maximum Gasteiger partial charge on any atom is 0.416 e. The summed E-state index contributed by atoms with van der Waals surface area (Å²) < 4.78 is 67.4. The van der Waals surface area contributed by atoms with Crippen LogP contribution in [0.25, 0.3) is 11.1 Å². The van der Waals surface area contributed by atoms with Gasteiger partial charge in [-0.25, -0.2) is 18.7 Å². The van der Waals surface area contributed by atoms with Crippen LogP contribution in [0.3, 0.4) is 0 Å². The van der Waals surface area contributed by atoms with Crippen LogP contribution in [-0.4, -0.2) is 16.4 Å². The third kappa shape index (κ3) is 5.56. The Morgan fingerprint density at radius 1 is 0.889 bits per heavy atom. The van der Waals surface area contributed by atoms with Crippen molar-refractivity contribution >= 4 is 18.0 Å². The average Bonchev–Trinajstić information content (AvgIpc) is 2.84. The van der Waals surface area contributed by atoms with Gasteiger partial charge in [-0.3, -0.25) is 9.69 Å². The molecule has 0 radical (unpaired) electrons. The Hall–Kier alpha value is -4.14. The molecule has 0 aliphatic rings. The Labute approximate surface area is 204 Å². The van der Waals surface area contributed by atoms with Gasteiger partial charge in [0.25, 0.3) is 0 Å². The third-order valence-electron chi connectivity index (χ3n) is 5.68. The minimum atomic E-state index is -4.51. The molecular weight excluding hydrogens is 477 g/mol. The molecule has 1 amide bonds. The molecule has 1 aromatic heterocycles. The van der Waals surface area contributed by atoms with Gasteiger partial charge in [-0.05, 0) is 77.1 Å². The summed E-state index contributed by atoms with van der Waals surface area (Å²) in [6.07, 6.45) is -0.835. The molecule has 1 atom stereocenters. The number of halogens is 5. The van der Waals surface area contributed by atoms with E-state index >= 15 is 0 Å². The number of carbonyl (C=O) groups excluding carboxylic acids is 1. The van der Waals surface area contributed by atoms with Crippen LogP contribution in [0.2, 0.25) is 0 Å². The topological polar surface area (TPSA) is 46.1 Å². The van der Waals surface area contributed by atoms with E-state index in [1.807, 2.05) is 0 Å². The largest absolute Gasteiger partial charge is 0.416 e. The lowest BCUT2D eigenvalue weighted by atomic mass is 9.89. The predicted octanol–water partition coefficient (Wildman–Crippen LogP) is 7.08. The van der Waals surface area contributed by atoms with E-state index in [9.17, 15) is 26.7 Å². The molecule has 0 aliphatic heterocycles. The van der Waals surface area contributed by atoms with Crippen LogP contribution in [0.1, 0.15) is 29.5 Å². The smallest absolute Gasteiger partial charge is 0.278 e. The molecule has 0 spiro atoms. The van der Waals surface area contributed by atoms with Gasteiger partial charge in [0.2, 0.25) is 12.4 Å². The van der Waals surface area contributed by atoms with Gasteiger partial charge in [-0.2, -0.15) is 13.2 Å². The number of hydrogen-bond acceptors (Lipinski definition) is 3. The van der Waals surface area contributed by atoms with Crippen molar-refractivity contribution in [1.82, 2.24) is 9.97 Å². The van der Waals surface area contributed by atoms with Crippen molar-refractivity contribution < 1.29 is 26.7 Å². The number of anilines is 2. The molecule has 0 N–H and O–H groups in total. The van der Waals surface area contributed by atoms with E-state index in [1.54, 1.807) is 37.3 Å². The summed E-state index contributed by atoms with van der Waals surface area (Å²) >= 11 is 0. The van der Waals surface area contributed by atoms with E-state index in [2.05, 4.69) is 9.97 Å². The third-order valence-corrected chi connectivity index (χ3v) is 5.68. The van der Waals surface area contributed by atoms with Crippen LogP contribution in [0.5, 0.6) is 0 Å². The number of amides is 1. The molecule has 184 valence electrons. The van der Waals surface area contributed by atoms with Crippen molar-refractivity contribution in [2.75, 3.05) is 4.90 Å². The Bertz CT molecular complexity index is 1360. The molecule has 9 heteroatoms. The lowest BCUT2D eigenvalue weighted by Gasteiger charge is -2.24. The van der Waals surface area contributed by atoms with Crippen molar-refractivity contribution in [2.45, 2.75) is 25.4 Å². The zero-order valence-electron chi connectivity index (χ0n) is 19.0. The van der Waals surface area contributed by atoms with Crippen LogP contribution >= 0.6 is 0 Å². The maximum absolute atomic E-state index is 13.8. The fourth-order valence-electron chi connectivity index (χ4n) is 4.04. The molecule has 0 bridgehead atoms. The van der Waals surface area contributed by atoms with E-state index in [4.69, 9.17) is 0 Å². The molecule has 0 saturated carbocycles. The SMILES string of the molecule is CC(Cc1cc(F)cc(F)c1)c1cc(-c2cccc(C(F)(F)F)c2)ccc1N(C=O)c1ncccn1. The highest BCUT2D eigenvalue weighted by Gasteiger charge is 2.30. The summed E-state index contributed by atoms with van der Waals surface area (Å²) in [4.78, 5) is 21.5. The van der Waals surface area contributed by atoms with Crippen molar-refractivity contribution in [3.63, 3.8) is 0 Å². The minimum Gasteiger partial charge on any atom is -0.278 e. The molecule has 4 aromatic rings. The number of nitrogens with zero attached hydrogens (tertiary/aromatic N) is 3. The molecule has 1 heterocycles. The van der Waals surface area contributed by atoms with Crippen LogP contribution in [0.4, 0.5) is 33.6 Å². The number of alkyl halides is 3. The van der Waals surface area contributed by atoms with E-state index in [-0.39, 0.29) is 12.4 Å². The second kappa shape index (κ2) is 10.2. The summed E-state index contributed by atoms with van der Waals surface area (Å²) in [5.74, 6) is -1.73. The lowest BCUT2D eigenvalue weighted by molar-refractivity contribution is -0.137. The van der Waals surface area contributed by atoms with E-state index in [0.29, 0.717) is 34.4 Å². The van der Waals surface area contributed by atoms with Crippen LogP contribution in [0, 0.1) is 11.6 Å². The van der Waals surface area contributed by atoms with E-state index < -0.39 is 29.3 Å². The quantitative estimate of drug-likeness (QED) is 0.202. The molecule has 0 fully saturated rings. The van der Waals surface area contributed by atoms with Gasteiger partial charge < -0.3 is 0 Å². The first kappa shape index (κ1) is 25.0. The zero-order valence-corrected chi connectivity index (χ0v) is 19.0. The zero-order chi connectivity index (χ0) is 25.9. The summed E-state index contributed by atoms with van der Waals surface area (Å²) in [7, 11) is 0. The van der Waals surface area contributed by atoms with E-state index in [0.717, 1.165) is 18.2 Å². The normalized spacial score (nSPS) is 12.3. The van der Waals surface area contributed by atoms with Crippen LogP contribution in [0.15, 0.2) is 79.1 Å².